The molecule has 0 rings (SSSR count). The smallest absolute Gasteiger partial charge is 0.246 e. The van der Waals surface area contributed by atoms with Crippen LogP contribution >= 0.6 is 0 Å². The van der Waals surface area contributed by atoms with Gasteiger partial charge in [-0.3, -0.25) is 9.59 Å². The first-order valence-corrected chi connectivity index (χ1v) is 17.9. The van der Waals surface area contributed by atoms with E-state index in [9.17, 15) is 9.59 Å². The van der Waals surface area contributed by atoms with E-state index >= 15 is 0 Å². The molecule has 4 nitrogen and oxygen atoms in total. The molecule has 0 spiro atoms. The fraction of sp³-hybridized carbons (Fsp3) is 0.889. The van der Waals surface area contributed by atoms with Crippen LogP contribution in [0.25, 0.3) is 0 Å². The minimum Gasteiger partial charge on any atom is -0.366 e. The van der Waals surface area contributed by atoms with Crippen LogP contribution in [0.4, 0.5) is 0 Å². The van der Waals surface area contributed by atoms with Gasteiger partial charge in [-0.15, -0.1) is 0 Å². The van der Waals surface area contributed by atoms with Gasteiger partial charge in [0.2, 0.25) is 11.8 Å². The van der Waals surface area contributed by atoms with Gasteiger partial charge in [-0.1, -0.05) is 181 Å². The molecule has 0 aliphatic heterocycles. The van der Waals surface area contributed by atoms with E-state index in [1.807, 2.05) is 4.90 Å². The second kappa shape index (κ2) is 32.2. The van der Waals surface area contributed by atoms with Gasteiger partial charge in [0, 0.05) is 25.2 Å². The number of hydrogen-bond acceptors (Lipinski definition) is 2. The van der Waals surface area contributed by atoms with E-state index < -0.39 is 5.91 Å². The molecule has 0 bridgehead atoms. The molecular formula is C36H70N2O2. The molecule has 0 aromatic rings. The zero-order valence-corrected chi connectivity index (χ0v) is 27.2. The lowest BCUT2D eigenvalue weighted by Gasteiger charge is -2.21. The maximum absolute atomic E-state index is 12.6. The van der Waals surface area contributed by atoms with Gasteiger partial charge in [-0.2, -0.15) is 0 Å². The maximum atomic E-state index is 12.6. The summed E-state index contributed by atoms with van der Waals surface area (Å²) in [6.07, 6.45) is 40.0. The molecule has 0 heterocycles. The molecule has 0 unspecified atom stereocenters. The molecule has 2 N–H and O–H groups in total. The molecule has 0 aromatic heterocycles. The number of primary amides is 1. The van der Waals surface area contributed by atoms with Crippen LogP contribution in [0, 0.1) is 0 Å². The third-order valence-corrected chi connectivity index (χ3v) is 8.27. The summed E-state index contributed by atoms with van der Waals surface area (Å²) >= 11 is 0. The van der Waals surface area contributed by atoms with Crippen molar-refractivity contribution in [3.05, 3.63) is 12.2 Å². The normalized spacial score (nSPS) is 11.4. The zero-order valence-electron chi connectivity index (χ0n) is 27.2. The number of nitrogens with zero attached hydrogens (tertiary/aromatic N) is 1. The molecule has 2 amide bonds. The first-order chi connectivity index (χ1) is 19.6. The number of carbonyl (C=O) groups is 2. The van der Waals surface area contributed by atoms with E-state index in [4.69, 9.17) is 5.73 Å². The van der Waals surface area contributed by atoms with Crippen LogP contribution in [0.2, 0.25) is 0 Å². The van der Waals surface area contributed by atoms with Crippen LogP contribution in [0.15, 0.2) is 12.2 Å². The van der Waals surface area contributed by atoms with Gasteiger partial charge in [0.15, 0.2) is 0 Å². The molecule has 0 radical (unpaired) electrons. The highest BCUT2D eigenvalue weighted by atomic mass is 16.2. The molecule has 0 saturated heterocycles. The Morgan fingerprint density at radius 3 is 0.925 bits per heavy atom. The van der Waals surface area contributed by atoms with Crippen LogP contribution in [0.3, 0.4) is 0 Å². The fourth-order valence-corrected chi connectivity index (χ4v) is 5.59. The average molecular weight is 563 g/mol. The van der Waals surface area contributed by atoms with Gasteiger partial charge in [-0.25, -0.2) is 0 Å². The standard InChI is InChI=1S/C36H70N2O2/c1-3-5-7-9-11-13-15-17-19-21-23-25-27-29-33-38(36(40)32-31-35(37)39)34-30-28-26-24-22-20-18-16-14-12-10-8-6-4-2/h31-32H,3-30,33-34H2,1-2H3,(H2,37,39). The van der Waals surface area contributed by atoms with Crippen molar-refractivity contribution >= 4 is 11.8 Å². The van der Waals surface area contributed by atoms with E-state index in [0.29, 0.717) is 0 Å². The van der Waals surface area contributed by atoms with E-state index in [-0.39, 0.29) is 5.91 Å². The van der Waals surface area contributed by atoms with Crippen LogP contribution < -0.4 is 5.73 Å². The molecule has 236 valence electrons. The van der Waals surface area contributed by atoms with E-state index in [1.54, 1.807) is 0 Å². The molecular weight excluding hydrogens is 492 g/mol. The second-order valence-electron chi connectivity index (χ2n) is 12.3. The number of rotatable bonds is 32. The highest BCUT2D eigenvalue weighted by Crippen LogP contribution is 2.15. The Morgan fingerprint density at radius 1 is 0.425 bits per heavy atom. The molecule has 0 atom stereocenters. The predicted molar refractivity (Wildman–Crippen MR) is 176 cm³/mol. The van der Waals surface area contributed by atoms with Crippen LogP contribution in [-0.2, 0) is 9.59 Å². The quantitative estimate of drug-likeness (QED) is 0.0654. The minimum atomic E-state index is -0.554. The van der Waals surface area contributed by atoms with E-state index in [0.717, 1.165) is 25.9 Å². The fourth-order valence-electron chi connectivity index (χ4n) is 5.59. The highest BCUT2D eigenvalue weighted by Gasteiger charge is 2.10. The number of hydrogen-bond donors (Lipinski definition) is 1. The molecule has 0 aromatic carbocycles. The first kappa shape index (κ1) is 38.7. The molecule has 4 heteroatoms. The molecule has 0 aliphatic rings. The Hall–Kier alpha value is -1.32. The van der Waals surface area contributed by atoms with E-state index in [1.165, 1.54) is 179 Å². The van der Waals surface area contributed by atoms with Gasteiger partial charge >= 0.3 is 0 Å². The highest BCUT2D eigenvalue weighted by molar-refractivity contribution is 5.95. The van der Waals surface area contributed by atoms with Gasteiger partial charge in [-0.05, 0) is 12.8 Å². The summed E-state index contributed by atoms with van der Waals surface area (Å²) in [4.78, 5) is 25.6. The Kier molecular flexibility index (Phi) is 31.1. The first-order valence-electron chi connectivity index (χ1n) is 17.9. The van der Waals surface area contributed by atoms with Gasteiger partial charge in [0.1, 0.15) is 0 Å². The molecule has 0 aliphatic carbocycles. The number of carbonyl (C=O) groups excluding carboxylic acids is 2. The van der Waals surface area contributed by atoms with Crippen molar-refractivity contribution in [1.82, 2.24) is 4.90 Å². The Balaban J connectivity index is 3.83. The second-order valence-corrected chi connectivity index (χ2v) is 12.3. The molecule has 0 saturated carbocycles. The SMILES string of the molecule is CCCCCCCCCCCCCCCCN(CCCCCCCCCCCCCCCC)C(=O)C=CC(N)=O. The third kappa shape index (κ3) is 29.7. The van der Waals surface area contributed by atoms with Crippen molar-refractivity contribution in [2.75, 3.05) is 13.1 Å². The lowest BCUT2D eigenvalue weighted by molar-refractivity contribution is -0.126. The molecule has 0 fully saturated rings. The summed E-state index contributed by atoms with van der Waals surface area (Å²) in [5, 5.41) is 0. The Morgan fingerprint density at radius 2 is 0.675 bits per heavy atom. The largest absolute Gasteiger partial charge is 0.366 e. The number of nitrogens with two attached hydrogens (primary N) is 1. The molecule has 40 heavy (non-hydrogen) atoms. The summed E-state index contributed by atoms with van der Waals surface area (Å²) in [6, 6.07) is 0. The summed E-state index contributed by atoms with van der Waals surface area (Å²) in [5.74, 6) is -0.621. The van der Waals surface area contributed by atoms with Gasteiger partial charge in [0.05, 0.1) is 0 Å². The van der Waals surface area contributed by atoms with Gasteiger partial charge in [0.25, 0.3) is 0 Å². The Bertz CT molecular complexity index is 543. The number of unbranched alkanes of at least 4 members (excludes halogenated alkanes) is 26. The zero-order chi connectivity index (χ0) is 29.4. The average Bonchev–Trinajstić information content (AvgIpc) is 2.95. The topological polar surface area (TPSA) is 63.4 Å². The van der Waals surface area contributed by atoms with E-state index in [2.05, 4.69) is 13.8 Å². The van der Waals surface area contributed by atoms with Crippen molar-refractivity contribution in [2.24, 2.45) is 5.73 Å². The van der Waals surface area contributed by atoms with Crippen molar-refractivity contribution in [3.63, 3.8) is 0 Å². The lowest BCUT2D eigenvalue weighted by atomic mass is 10.0. The minimum absolute atomic E-state index is 0.0665. The predicted octanol–water partition coefficient (Wildman–Crippen LogP) is 10.8. The lowest BCUT2D eigenvalue weighted by Crippen LogP contribution is -2.32. The van der Waals surface area contributed by atoms with Gasteiger partial charge < -0.3 is 10.6 Å². The summed E-state index contributed by atoms with van der Waals surface area (Å²) in [6.45, 7) is 6.14. The maximum Gasteiger partial charge on any atom is 0.246 e. The van der Waals surface area contributed by atoms with Crippen LogP contribution in [0.5, 0.6) is 0 Å². The monoisotopic (exact) mass is 563 g/mol. The van der Waals surface area contributed by atoms with Crippen LogP contribution in [0.1, 0.15) is 194 Å². The van der Waals surface area contributed by atoms with Crippen LogP contribution in [-0.4, -0.2) is 29.8 Å². The summed E-state index contributed by atoms with van der Waals surface area (Å²) in [5.41, 5.74) is 5.21. The Labute approximate surface area is 250 Å². The summed E-state index contributed by atoms with van der Waals surface area (Å²) < 4.78 is 0. The third-order valence-electron chi connectivity index (χ3n) is 8.27. The van der Waals surface area contributed by atoms with Crippen molar-refractivity contribution < 1.29 is 9.59 Å². The number of amides is 2. The summed E-state index contributed by atoms with van der Waals surface area (Å²) in [7, 11) is 0. The van der Waals surface area contributed by atoms with Crippen molar-refractivity contribution in [3.8, 4) is 0 Å². The van der Waals surface area contributed by atoms with Crippen molar-refractivity contribution in [2.45, 2.75) is 194 Å². The van der Waals surface area contributed by atoms with Crippen molar-refractivity contribution in [1.29, 1.82) is 0 Å².